The molecule has 2 nitrogen and oxygen atoms in total. The van der Waals surface area contributed by atoms with Crippen molar-refractivity contribution in [1.29, 1.82) is 0 Å². The molecule has 1 rings (SSSR count). The standard InChI is InChI=1S/C9H11F3N2/c1-5-4-6(13)2-3-7(5)8(14)9(10,11)12/h2-4,8H,13-14H2,1H3/t8-/m0/s1. The summed E-state index contributed by atoms with van der Waals surface area (Å²) < 4.78 is 36.8. The second-order valence-electron chi connectivity index (χ2n) is 3.14. The van der Waals surface area contributed by atoms with Crippen LogP contribution in [0.25, 0.3) is 0 Å². The number of alkyl halides is 3. The molecule has 1 aromatic carbocycles. The van der Waals surface area contributed by atoms with Gasteiger partial charge in [-0.05, 0) is 30.2 Å². The van der Waals surface area contributed by atoms with Crippen molar-refractivity contribution in [3.05, 3.63) is 29.3 Å². The van der Waals surface area contributed by atoms with E-state index in [1.54, 1.807) is 6.92 Å². The highest BCUT2D eigenvalue weighted by Crippen LogP contribution is 2.32. The average molecular weight is 204 g/mol. The van der Waals surface area contributed by atoms with Gasteiger partial charge in [0.15, 0.2) is 0 Å². The molecule has 0 saturated heterocycles. The van der Waals surface area contributed by atoms with Crippen molar-refractivity contribution in [2.24, 2.45) is 5.73 Å². The molecule has 0 aliphatic carbocycles. The molecule has 0 fully saturated rings. The van der Waals surface area contributed by atoms with E-state index in [0.717, 1.165) is 0 Å². The monoisotopic (exact) mass is 204 g/mol. The van der Waals surface area contributed by atoms with Crippen LogP contribution in [0.1, 0.15) is 17.2 Å². The number of benzene rings is 1. The molecule has 0 aliphatic heterocycles. The summed E-state index contributed by atoms with van der Waals surface area (Å²) in [5, 5.41) is 0. The Kier molecular flexibility index (Phi) is 2.71. The van der Waals surface area contributed by atoms with Crippen molar-refractivity contribution in [3.63, 3.8) is 0 Å². The molecule has 0 heterocycles. The fourth-order valence-electron chi connectivity index (χ4n) is 1.22. The smallest absolute Gasteiger partial charge is 0.399 e. The van der Waals surface area contributed by atoms with Gasteiger partial charge in [-0.3, -0.25) is 0 Å². The van der Waals surface area contributed by atoms with E-state index in [1.807, 2.05) is 0 Å². The lowest BCUT2D eigenvalue weighted by Gasteiger charge is -2.18. The highest BCUT2D eigenvalue weighted by Gasteiger charge is 2.38. The number of nitrogens with two attached hydrogens (primary N) is 2. The van der Waals surface area contributed by atoms with E-state index in [9.17, 15) is 13.2 Å². The average Bonchev–Trinajstić information content (AvgIpc) is 2.01. The highest BCUT2D eigenvalue weighted by atomic mass is 19.4. The van der Waals surface area contributed by atoms with E-state index in [4.69, 9.17) is 11.5 Å². The minimum atomic E-state index is -4.42. The third kappa shape index (κ3) is 2.17. The van der Waals surface area contributed by atoms with Crippen LogP contribution in [0.4, 0.5) is 18.9 Å². The van der Waals surface area contributed by atoms with Gasteiger partial charge in [0, 0.05) is 5.69 Å². The summed E-state index contributed by atoms with van der Waals surface area (Å²) in [6, 6.07) is 2.25. The number of hydrogen-bond donors (Lipinski definition) is 2. The molecular weight excluding hydrogens is 193 g/mol. The molecule has 4 N–H and O–H groups in total. The molecule has 0 aliphatic rings. The van der Waals surface area contributed by atoms with Crippen LogP contribution >= 0.6 is 0 Å². The first-order valence-corrected chi connectivity index (χ1v) is 4.00. The minimum absolute atomic E-state index is 0.0618. The summed E-state index contributed by atoms with van der Waals surface area (Å²) in [5.74, 6) is 0. The Morgan fingerprint density at radius 3 is 2.29 bits per heavy atom. The van der Waals surface area contributed by atoms with Crippen molar-refractivity contribution in [2.45, 2.75) is 19.1 Å². The van der Waals surface area contributed by atoms with Crippen molar-refractivity contribution in [1.82, 2.24) is 0 Å². The topological polar surface area (TPSA) is 52.0 Å². The van der Waals surface area contributed by atoms with Gasteiger partial charge in [0.2, 0.25) is 0 Å². The maximum absolute atomic E-state index is 12.3. The fraction of sp³-hybridized carbons (Fsp3) is 0.333. The fourth-order valence-corrected chi connectivity index (χ4v) is 1.22. The van der Waals surface area contributed by atoms with E-state index in [0.29, 0.717) is 11.3 Å². The van der Waals surface area contributed by atoms with Gasteiger partial charge in [-0.2, -0.15) is 13.2 Å². The predicted octanol–water partition coefficient (Wildman–Crippen LogP) is 2.14. The number of aryl methyl sites for hydroxylation is 1. The van der Waals surface area contributed by atoms with Crippen LogP contribution in [0.2, 0.25) is 0 Å². The first-order valence-electron chi connectivity index (χ1n) is 4.00. The maximum atomic E-state index is 12.3. The van der Waals surface area contributed by atoms with Crippen molar-refractivity contribution >= 4 is 5.69 Å². The van der Waals surface area contributed by atoms with Gasteiger partial charge in [0.25, 0.3) is 0 Å². The molecule has 1 atom stereocenters. The van der Waals surface area contributed by atoms with E-state index in [-0.39, 0.29) is 5.56 Å². The van der Waals surface area contributed by atoms with Crippen molar-refractivity contribution < 1.29 is 13.2 Å². The number of nitrogen functional groups attached to an aromatic ring is 1. The van der Waals surface area contributed by atoms with Crippen LogP contribution in [-0.4, -0.2) is 6.18 Å². The van der Waals surface area contributed by atoms with Crippen molar-refractivity contribution in [2.75, 3.05) is 5.73 Å². The molecule has 78 valence electrons. The van der Waals surface area contributed by atoms with Gasteiger partial charge < -0.3 is 11.5 Å². The first-order chi connectivity index (χ1) is 6.32. The van der Waals surface area contributed by atoms with Crippen LogP contribution < -0.4 is 11.5 Å². The number of anilines is 1. The van der Waals surface area contributed by atoms with Crippen LogP contribution in [0.5, 0.6) is 0 Å². The van der Waals surface area contributed by atoms with Gasteiger partial charge >= 0.3 is 6.18 Å². The number of hydrogen-bond acceptors (Lipinski definition) is 2. The Hall–Kier alpha value is -1.23. The lowest BCUT2D eigenvalue weighted by molar-refractivity contribution is -0.149. The first kappa shape index (κ1) is 10.8. The normalized spacial score (nSPS) is 14.1. The van der Waals surface area contributed by atoms with E-state index < -0.39 is 12.2 Å². The number of halogens is 3. The largest absolute Gasteiger partial charge is 0.407 e. The maximum Gasteiger partial charge on any atom is 0.407 e. The Labute approximate surface area is 79.7 Å². The highest BCUT2D eigenvalue weighted by molar-refractivity contribution is 5.45. The Morgan fingerprint density at radius 2 is 1.86 bits per heavy atom. The molecule has 0 unspecified atom stereocenters. The third-order valence-corrected chi connectivity index (χ3v) is 1.98. The van der Waals surface area contributed by atoms with Gasteiger partial charge in [-0.15, -0.1) is 0 Å². The van der Waals surface area contributed by atoms with Crippen LogP contribution in [0.3, 0.4) is 0 Å². The molecule has 0 radical (unpaired) electrons. The molecule has 14 heavy (non-hydrogen) atoms. The molecule has 0 bridgehead atoms. The molecule has 0 spiro atoms. The molecule has 0 amide bonds. The second kappa shape index (κ2) is 3.49. The summed E-state index contributed by atoms with van der Waals surface area (Å²) >= 11 is 0. The summed E-state index contributed by atoms with van der Waals surface area (Å²) in [6.45, 7) is 1.55. The SMILES string of the molecule is Cc1cc(N)ccc1[C@H](N)C(F)(F)F. The zero-order chi connectivity index (χ0) is 10.9. The summed E-state index contributed by atoms with van der Waals surface area (Å²) in [6.07, 6.45) is -4.42. The lowest BCUT2D eigenvalue weighted by atomic mass is 10.0. The molecule has 1 aromatic rings. The summed E-state index contributed by atoms with van der Waals surface area (Å²) in [5.41, 5.74) is 11.4. The zero-order valence-corrected chi connectivity index (χ0v) is 7.60. The summed E-state index contributed by atoms with van der Waals surface area (Å²) in [7, 11) is 0. The van der Waals surface area contributed by atoms with Gasteiger partial charge in [0.05, 0.1) is 0 Å². The second-order valence-corrected chi connectivity index (χ2v) is 3.14. The molecule has 5 heteroatoms. The number of rotatable bonds is 1. The van der Waals surface area contributed by atoms with Gasteiger partial charge in [-0.1, -0.05) is 6.07 Å². The van der Waals surface area contributed by atoms with Gasteiger partial charge in [0.1, 0.15) is 6.04 Å². The zero-order valence-electron chi connectivity index (χ0n) is 7.60. The summed E-state index contributed by atoms with van der Waals surface area (Å²) in [4.78, 5) is 0. The predicted molar refractivity (Wildman–Crippen MR) is 48.6 cm³/mol. The third-order valence-electron chi connectivity index (χ3n) is 1.98. The Balaban J connectivity index is 3.08. The van der Waals surface area contributed by atoms with Crippen LogP contribution in [0.15, 0.2) is 18.2 Å². The molecular formula is C9H11F3N2. The lowest BCUT2D eigenvalue weighted by Crippen LogP contribution is -2.29. The van der Waals surface area contributed by atoms with Crippen LogP contribution in [-0.2, 0) is 0 Å². The Morgan fingerprint density at radius 1 is 1.29 bits per heavy atom. The van der Waals surface area contributed by atoms with E-state index >= 15 is 0 Å². The Bertz CT molecular complexity index is 333. The molecule has 0 aromatic heterocycles. The van der Waals surface area contributed by atoms with E-state index in [2.05, 4.69) is 0 Å². The van der Waals surface area contributed by atoms with Gasteiger partial charge in [-0.25, -0.2) is 0 Å². The quantitative estimate of drug-likeness (QED) is 0.688. The van der Waals surface area contributed by atoms with Crippen molar-refractivity contribution in [3.8, 4) is 0 Å². The van der Waals surface area contributed by atoms with E-state index in [1.165, 1.54) is 18.2 Å². The molecule has 0 saturated carbocycles. The van der Waals surface area contributed by atoms with Crippen LogP contribution in [0, 0.1) is 6.92 Å². The minimum Gasteiger partial charge on any atom is -0.399 e.